The summed E-state index contributed by atoms with van der Waals surface area (Å²) in [7, 11) is 1.77. The standard InChI is InChI=1S/C36H51N5O3/c1-3-4-5-6-7-8-9-10-11-12-13-14-15-19-26-41-34(42)32-33(38(2)36(41)43)37-35-39(27-28-40(32)35)29-22-24-31(25-23-29)44-30-20-17-16-18-21-30/h16-18,20-25,32-33H,3-15,19,26-28H2,1-2H3. The van der Waals surface area contributed by atoms with E-state index in [4.69, 9.17) is 9.73 Å². The summed E-state index contributed by atoms with van der Waals surface area (Å²) in [4.78, 5) is 39.1. The maximum absolute atomic E-state index is 13.7. The summed E-state index contributed by atoms with van der Waals surface area (Å²) in [5.41, 5.74) is 0.992. The van der Waals surface area contributed by atoms with Gasteiger partial charge in [-0.2, -0.15) is 0 Å². The van der Waals surface area contributed by atoms with E-state index in [2.05, 4.69) is 16.7 Å². The molecule has 0 saturated carbocycles. The van der Waals surface area contributed by atoms with Crippen LogP contribution in [0, 0.1) is 0 Å². The van der Waals surface area contributed by atoms with Crippen LogP contribution < -0.4 is 9.64 Å². The van der Waals surface area contributed by atoms with Crippen LogP contribution in [0.3, 0.4) is 0 Å². The van der Waals surface area contributed by atoms with Crippen molar-refractivity contribution in [2.75, 3.05) is 31.6 Å². The molecule has 8 nitrogen and oxygen atoms in total. The van der Waals surface area contributed by atoms with Gasteiger partial charge in [0.25, 0.3) is 5.91 Å². The second-order valence-electron chi connectivity index (χ2n) is 12.5. The Morgan fingerprint density at radius 2 is 1.30 bits per heavy atom. The van der Waals surface area contributed by atoms with Gasteiger partial charge in [0, 0.05) is 32.4 Å². The zero-order chi connectivity index (χ0) is 30.7. The van der Waals surface area contributed by atoms with Gasteiger partial charge in [-0.1, -0.05) is 109 Å². The molecule has 2 aromatic rings. The number of carbonyl (C=O) groups is 2. The van der Waals surface area contributed by atoms with E-state index in [1.807, 2.05) is 54.6 Å². The van der Waals surface area contributed by atoms with E-state index in [-0.39, 0.29) is 11.9 Å². The lowest BCUT2D eigenvalue weighted by molar-refractivity contribution is -0.137. The van der Waals surface area contributed by atoms with E-state index in [1.54, 1.807) is 11.9 Å². The first kappa shape index (κ1) is 31.9. The molecule has 2 aromatic carbocycles. The molecule has 3 amide bonds. The van der Waals surface area contributed by atoms with Crippen molar-refractivity contribution < 1.29 is 14.3 Å². The van der Waals surface area contributed by atoms with Crippen LogP contribution in [0.25, 0.3) is 0 Å². The molecule has 0 spiro atoms. The Morgan fingerprint density at radius 3 is 1.91 bits per heavy atom. The summed E-state index contributed by atoms with van der Waals surface area (Å²) in [6.07, 6.45) is 17.5. The summed E-state index contributed by atoms with van der Waals surface area (Å²) in [6.45, 7) is 4.19. The maximum Gasteiger partial charge on any atom is 0.328 e. The number of benzene rings is 2. The number of carbonyl (C=O) groups excluding carboxylic acids is 2. The van der Waals surface area contributed by atoms with Crippen molar-refractivity contribution >= 4 is 23.6 Å². The highest BCUT2D eigenvalue weighted by Crippen LogP contribution is 2.34. The lowest BCUT2D eigenvalue weighted by atomic mass is 10.0. The molecule has 0 N–H and O–H groups in total. The number of aliphatic imine (C=N–C) groups is 1. The molecule has 2 unspecified atom stereocenters. The largest absolute Gasteiger partial charge is 0.457 e. The molecular weight excluding hydrogens is 550 g/mol. The van der Waals surface area contributed by atoms with Crippen LogP contribution in [-0.4, -0.2) is 71.5 Å². The Balaban J connectivity index is 1.04. The Bertz CT molecular complexity index is 1230. The van der Waals surface area contributed by atoms with Crippen molar-refractivity contribution in [1.29, 1.82) is 0 Å². The summed E-state index contributed by atoms with van der Waals surface area (Å²) < 4.78 is 5.95. The van der Waals surface area contributed by atoms with Gasteiger partial charge < -0.3 is 19.4 Å². The number of fused-ring (bicyclic) bond motifs is 3. The quantitative estimate of drug-likeness (QED) is 0.162. The van der Waals surface area contributed by atoms with E-state index < -0.39 is 12.2 Å². The molecule has 5 rings (SSSR count). The molecule has 0 bridgehead atoms. The third-order valence-corrected chi connectivity index (χ3v) is 9.24. The molecule has 0 radical (unpaired) electrons. The smallest absolute Gasteiger partial charge is 0.328 e. The van der Waals surface area contributed by atoms with Crippen LogP contribution in [0.2, 0.25) is 0 Å². The maximum atomic E-state index is 13.7. The van der Waals surface area contributed by atoms with E-state index in [9.17, 15) is 9.59 Å². The van der Waals surface area contributed by atoms with Crippen molar-refractivity contribution in [3.8, 4) is 11.5 Å². The van der Waals surface area contributed by atoms with Gasteiger partial charge in [0.05, 0.1) is 0 Å². The van der Waals surface area contributed by atoms with Crippen LogP contribution in [0.4, 0.5) is 10.5 Å². The Morgan fingerprint density at radius 1 is 0.727 bits per heavy atom. The molecule has 3 aliphatic rings. The second-order valence-corrected chi connectivity index (χ2v) is 12.5. The molecule has 2 atom stereocenters. The molecule has 238 valence electrons. The minimum Gasteiger partial charge on any atom is -0.457 e. The average Bonchev–Trinajstić information content (AvgIpc) is 3.62. The third kappa shape index (κ3) is 7.74. The number of likely N-dealkylation sites (N-methyl/N-ethyl adjacent to an activating group) is 1. The molecule has 8 heteroatoms. The Hall–Kier alpha value is -3.55. The molecule has 2 fully saturated rings. The van der Waals surface area contributed by atoms with Crippen molar-refractivity contribution in [3.63, 3.8) is 0 Å². The molecule has 3 heterocycles. The predicted octanol–water partition coefficient (Wildman–Crippen LogP) is 8.04. The van der Waals surface area contributed by atoms with Gasteiger partial charge in [0.2, 0.25) is 5.96 Å². The highest BCUT2D eigenvalue weighted by molar-refractivity contribution is 6.08. The zero-order valence-corrected chi connectivity index (χ0v) is 26.8. The summed E-state index contributed by atoms with van der Waals surface area (Å²) in [5.74, 6) is 2.21. The Kier molecular flexibility index (Phi) is 11.6. The molecular formula is C36H51N5O3. The van der Waals surface area contributed by atoms with Gasteiger partial charge in [-0.3, -0.25) is 9.69 Å². The number of amides is 3. The van der Waals surface area contributed by atoms with Crippen LogP contribution in [-0.2, 0) is 4.79 Å². The molecule has 2 saturated heterocycles. The van der Waals surface area contributed by atoms with Gasteiger partial charge in [0.1, 0.15) is 11.5 Å². The molecule has 3 aliphatic heterocycles. The fourth-order valence-electron chi connectivity index (χ4n) is 6.67. The number of nitrogens with zero attached hydrogens (tertiary/aromatic N) is 5. The van der Waals surface area contributed by atoms with E-state index in [0.717, 1.165) is 42.5 Å². The van der Waals surface area contributed by atoms with Crippen molar-refractivity contribution in [2.45, 2.75) is 109 Å². The topological polar surface area (TPSA) is 68.7 Å². The highest BCUT2D eigenvalue weighted by atomic mass is 16.5. The lowest BCUT2D eigenvalue weighted by Crippen LogP contribution is -2.64. The average molecular weight is 602 g/mol. The number of guanidine groups is 1. The molecule has 44 heavy (non-hydrogen) atoms. The molecule has 0 aliphatic carbocycles. The SMILES string of the molecule is CCCCCCCCCCCCCCCCN1C(=O)C2C(N=C3N(c4ccc(Oc5ccccc5)cc4)CCN32)N(C)C1=O. The summed E-state index contributed by atoms with van der Waals surface area (Å²) in [5, 5.41) is 0. The monoisotopic (exact) mass is 601 g/mol. The van der Waals surface area contributed by atoms with Gasteiger partial charge >= 0.3 is 6.03 Å². The van der Waals surface area contributed by atoms with Crippen LogP contribution in [0.1, 0.15) is 96.8 Å². The highest BCUT2D eigenvalue weighted by Gasteiger charge is 2.54. The number of hydrogen-bond acceptors (Lipinski definition) is 6. The van der Waals surface area contributed by atoms with E-state index >= 15 is 0 Å². The van der Waals surface area contributed by atoms with E-state index in [0.29, 0.717) is 13.1 Å². The van der Waals surface area contributed by atoms with E-state index in [1.165, 1.54) is 81.9 Å². The number of rotatable bonds is 18. The predicted molar refractivity (Wildman–Crippen MR) is 177 cm³/mol. The van der Waals surface area contributed by atoms with Crippen LogP contribution >= 0.6 is 0 Å². The fourth-order valence-corrected chi connectivity index (χ4v) is 6.67. The first-order valence-electron chi connectivity index (χ1n) is 17.1. The minimum atomic E-state index is -0.485. The second kappa shape index (κ2) is 16.0. The number of hydrogen-bond donors (Lipinski definition) is 0. The third-order valence-electron chi connectivity index (χ3n) is 9.24. The Labute approximate surface area is 264 Å². The zero-order valence-electron chi connectivity index (χ0n) is 26.8. The first-order valence-corrected chi connectivity index (χ1v) is 17.1. The first-order chi connectivity index (χ1) is 21.6. The number of imide groups is 1. The van der Waals surface area contributed by atoms with Crippen molar-refractivity contribution in [2.24, 2.45) is 4.99 Å². The fraction of sp³-hybridized carbons (Fsp3) is 0.583. The number of ether oxygens (including phenoxy) is 1. The van der Waals surface area contributed by atoms with Crippen molar-refractivity contribution in [1.82, 2.24) is 14.7 Å². The minimum absolute atomic E-state index is 0.111. The number of para-hydroxylation sites is 1. The normalized spacial score (nSPS) is 19.5. The van der Waals surface area contributed by atoms with Gasteiger partial charge in [0.15, 0.2) is 12.2 Å². The van der Waals surface area contributed by atoms with Gasteiger partial charge in [-0.15, -0.1) is 0 Å². The summed E-state index contributed by atoms with van der Waals surface area (Å²) >= 11 is 0. The lowest BCUT2D eigenvalue weighted by Gasteiger charge is -2.40. The van der Waals surface area contributed by atoms with Crippen molar-refractivity contribution in [3.05, 3.63) is 54.6 Å². The van der Waals surface area contributed by atoms with Crippen LogP contribution in [0.5, 0.6) is 11.5 Å². The number of urea groups is 1. The van der Waals surface area contributed by atoms with Gasteiger partial charge in [-0.05, 0) is 42.8 Å². The number of unbranched alkanes of at least 4 members (excludes halogenated alkanes) is 13. The molecule has 0 aromatic heterocycles. The van der Waals surface area contributed by atoms with Gasteiger partial charge in [-0.25, -0.2) is 9.79 Å². The van der Waals surface area contributed by atoms with Crippen LogP contribution in [0.15, 0.2) is 59.6 Å². The summed E-state index contributed by atoms with van der Waals surface area (Å²) in [6, 6.07) is 17.0. The number of anilines is 1.